The number of primary sulfonamides is 1. The molecule has 1 aliphatic rings. The van der Waals surface area contributed by atoms with Crippen LogP contribution in [0.4, 0.5) is 5.69 Å². The third-order valence-electron chi connectivity index (χ3n) is 5.65. The van der Waals surface area contributed by atoms with E-state index in [4.69, 9.17) is 9.88 Å². The van der Waals surface area contributed by atoms with E-state index in [9.17, 15) is 27.6 Å². The SMILES string of the molecule is CC[C@H](C)[C@@H](C(=O)OCC(=O)Nc1ccc(C)c(S(N)(=O)=O)c1)N1C(=O)c2ccccc2C1=O. The lowest BCUT2D eigenvalue weighted by Gasteiger charge is -2.28. The summed E-state index contributed by atoms with van der Waals surface area (Å²) < 4.78 is 28.5. The molecule has 0 bridgehead atoms. The van der Waals surface area contributed by atoms with E-state index in [0.717, 1.165) is 4.90 Å². The van der Waals surface area contributed by atoms with E-state index >= 15 is 0 Å². The third kappa shape index (κ3) is 5.00. The fourth-order valence-electron chi connectivity index (χ4n) is 3.68. The van der Waals surface area contributed by atoms with Crippen LogP contribution >= 0.6 is 0 Å². The predicted octanol–water partition coefficient (Wildman–Crippen LogP) is 1.84. The molecule has 0 saturated carbocycles. The lowest BCUT2D eigenvalue weighted by atomic mass is 9.97. The molecule has 1 heterocycles. The first-order valence-electron chi connectivity index (χ1n) is 10.5. The van der Waals surface area contributed by atoms with Gasteiger partial charge in [0.15, 0.2) is 6.61 Å². The van der Waals surface area contributed by atoms with E-state index in [1.807, 2.05) is 0 Å². The zero-order valence-electron chi connectivity index (χ0n) is 18.9. The summed E-state index contributed by atoms with van der Waals surface area (Å²) >= 11 is 0. The van der Waals surface area contributed by atoms with Gasteiger partial charge in [0, 0.05) is 5.69 Å². The van der Waals surface area contributed by atoms with Crippen molar-refractivity contribution in [1.82, 2.24) is 4.90 Å². The number of carbonyl (C=O) groups is 4. The van der Waals surface area contributed by atoms with Crippen LogP contribution in [-0.2, 0) is 24.3 Å². The van der Waals surface area contributed by atoms with Crippen molar-refractivity contribution in [3.8, 4) is 0 Å². The zero-order valence-corrected chi connectivity index (χ0v) is 19.7. The number of esters is 1. The highest BCUT2D eigenvalue weighted by atomic mass is 32.2. The van der Waals surface area contributed by atoms with Gasteiger partial charge in [-0.05, 0) is 42.7 Å². The van der Waals surface area contributed by atoms with Crippen LogP contribution in [0.15, 0.2) is 47.4 Å². The molecule has 3 rings (SSSR count). The summed E-state index contributed by atoms with van der Waals surface area (Å²) in [4.78, 5) is 51.7. The molecule has 3 N–H and O–H groups in total. The van der Waals surface area contributed by atoms with Gasteiger partial charge in [-0.2, -0.15) is 0 Å². The van der Waals surface area contributed by atoms with Gasteiger partial charge in [0.25, 0.3) is 17.7 Å². The van der Waals surface area contributed by atoms with Gasteiger partial charge in [-0.3, -0.25) is 19.3 Å². The molecule has 0 fully saturated rings. The number of fused-ring (bicyclic) bond motifs is 1. The number of nitrogens with zero attached hydrogens (tertiary/aromatic N) is 1. The van der Waals surface area contributed by atoms with Gasteiger partial charge in [-0.25, -0.2) is 18.4 Å². The lowest BCUT2D eigenvalue weighted by molar-refractivity contribution is -0.152. The summed E-state index contributed by atoms with van der Waals surface area (Å²) in [6, 6.07) is 9.22. The highest BCUT2D eigenvalue weighted by Crippen LogP contribution is 2.28. The third-order valence-corrected chi connectivity index (χ3v) is 6.70. The molecule has 11 heteroatoms. The lowest BCUT2D eigenvalue weighted by Crippen LogP contribution is -2.49. The molecule has 0 radical (unpaired) electrons. The Bertz CT molecular complexity index is 1240. The van der Waals surface area contributed by atoms with E-state index in [0.29, 0.717) is 12.0 Å². The number of rotatable bonds is 8. The maximum atomic E-state index is 12.9. The normalized spacial score (nSPS) is 15.0. The smallest absolute Gasteiger partial charge is 0.330 e. The number of imide groups is 1. The topological polar surface area (TPSA) is 153 Å². The Kier molecular flexibility index (Phi) is 7.18. The van der Waals surface area contributed by atoms with Gasteiger partial charge >= 0.3 is 5.97 Å². The second kappa shape index (κ2) is 9.74. The van der Waals surface area contributed by atoms with E-state index in [1.165, 1.54) is 30.3 Å². The number of anilines is 1. The number of carbonyl (C=O) groups excluding carboxylic acids is 4. The number of hydrogen-bond acceptors (Lipinski definition) is 7. The molecule has 0 unspecified atom stereocenters. The van der Waals surface area contributed by atoms with Crippen LogP contribution in [0.3, 0.4) is 0 Å². The number of benzene rings is 2. The maximum Gasteiger partial charge on any atom is 0.330 e. The Morgan fingerprint density at radius 1 is 1.09 bits per heavy atom. The van der Waals surface area contributed by atoms with Crippen LogP contribution in [0.5, 0.6) is 0 Å². The van der Waals surface area contributed by atoms with E-state index in [2.05, 4.69) is 5.32 Å². The fourth-order valence-corrected chi connectivity index (χ4v) is 4.49. The first kappa shape index (κ1) is 25.1. The summed E-state index contributed by atoms with van der Waals surface area (Å²) in [5.74, 6) is -3.24. The summed E-state index contributed by atoms with van der Waals surface area (Å²) in [7, 11) is -3.99. The van der Waals surface area contributed by atoms with Crippen molar-refractivity contribution in [2.24, 2.45) is 11.1 Å². The molecule has 2 atom stereocenters. The van der Waals surface area contributed by atoms with Crippen LogP contribution in [0.25, 0.3) is 0 Å². The van der Waals surface area contributed by atoms with Gasteiger partial charge in [0.05, 0.1) is 16.0 Å². The molecule has 10 nitrogen and oxygen atoms in total. The van der Waals surface area contributed by atoms with Crippen LogP contribution < -0.4 is 10.5 Å². The molecule has 3 amide bonds. The number of hydrogen-bond donors (Lipinski definition) is 2. The van der Waals surface area contributed by atoms with E-state index < -0.39 is 52.3 Å². The summed E-state index contributed by atoms with van der Waals surface area (Å²) in [5, 5.41) is 7.61. The van der Waals surface area contributed by atoms with Crippen molar-refractivity contribution in [2.75, 3.05) is 11.9 Å². The van der Waals surface area contributed by atoms with Crippen molar-refractivity contribution in [2.45, 2.75) is 38.1 Å². The highest BCUT2D eigenvalue weighted by Gasteiger charge is 2.45. The number of ether oxygens (including phenoxy) is 1. The molecule has 2 aromatic carbocycles. The first-order valence-corrected chi connectivity index (χ1v) is 12.1. The molecule has 180 valence electrons. The van der Waals surface area contributed by atoms with Crippen LogP contribution in [-0.4, -0.2) is 49.7 Å². The average Bonchev–Trinajstić information content (AvgIpc) is 3.03. The molecular formula is C23H25N3O7S. The number of amides is 3. The Hall–Kier alpha value is -3.57. The van der Waals surface area contributed by atoms with Crippen molar-refractivity contribution < 1.29 is 32.3 Å². The monoisotopic (exact) mass is 487 g/mol. The molecule has 2 aromatic rings. The van der Waals surface area contributed by atoms with Gasteiger partial charge in [-0.15, -0.1) is 0 Å². The summed E-state index contributed by atoms with van der Waals surface area (Å²) in [5.41, 5.74) is 0.964. The predicted molar refractivity (Wildman–Crippen MR) is 122 cm³/mol. The van der Waals surface area contributed by atoms with Gasteiger partial charge in [0.1, 0.15) is 6.04 Å². The molecule has 34 heavy (non-hydrogen) atoms. The Balaban J connectivity index is 1.73. The Morgan fingerprint density at radius 2 is 1.68 bits per heavy atom. The minimum Gasteiger partial charge on any atom is -0.454 e. The molecule has 0 spiro atoms. The fraction of sp³-hybridized carbons (Fsp3) is 0.304. The molecule has 1 aliphatic heterocycles. The Labute approximate surface area is 197 Å². The second-order valence-corrected chi connectivity index (χ2v) is 9.57. The quantitative estimate of drug-likeness (QED) is 0.425. The number of nitrogens with one attached hydrogen (secondary N) is 1. The number of aryl methyl sites for hydroxylation is 1. The molecular weight excluding hydrogens is 462 g/mol. The van der Waals surface area contributed by atoms with Gasteiger partial charge in [0.2, 0.25) is 10.0 Å². The minimum atomic E-state index is -3.99. The number of sulfonamides is 1. The molecule has 0 saturated heterocycles. The van der Waals surface area contributed by atoms with Crippen molar-refractivity contribution in [3.05, 3.63) is 59.2 Å². The number of nitrogens with two attached hydrogens (primary N) is 1. The van der Waals surface area contributed by atoms with Gasteiger partial charge in [-0.1, -0.05) is 38.5 Å². The van der Waals surface area contributed by atoms with Crippen LogP contribution in [0, 0.1) is 12.8 Å². The summed E-state index contributed by atoms with van der Waals surface area (Å²) in [6.07, 6.45) is 0.471. The first-order chi connectivity index (χ1) is 16.0. The second-order valence-electron chi connectivity index (χ2n) is 8.04. The van der Waals surface area contributed by atoms with Crippen molar-refractivity contribution in [1.29, 1.82) is 0 Å². The zero-order chi connectivity index (χ0) is 25.2. The van der Waals surface area contributed by atoms with Crippen molar-refractivity contribution in [3.63, 3.8) is 0 Å². The highest BCUT2D eigenvalue weighted by molar-refractivity contribution is 7.89. The van der Waals surface area contributed by atoms with Crippen LogP contribution in [0.1, 0.15) is 46.5 Å². The minimum absolute atomic E-state index is 0.148. The maximum absolute atomic E-state index is 12.9. The largest absolute Gasteiger partial charge is 0.454 e. The van der Waals surface area contributed by atoms with E-state index in [-0.39, 0.29) is 21.7 Å². The standard InChI is InChI=1S/C23H25N3O7S/c1-4-13(2)20(26-21(28)16-7-5-6-8-17(16)22(26)29)23(30)33-12-19(27)25-15-10-9-14(3)18(11-15)34(24,31)32/h5-11,13,20H,4,12H2,1-3H3,(H,25,27)(H2,24,31,32)/t13-,20-/m0/s1. The van der Waals surface area contributed by atoms with Crippen LogP contribution in [0.2, 0.25) is 0 Å². The molecule has 0 aromatic heterocycles. The molecule has 0 aliphatic carbocycles. The van der Waals surface area contributed by atoms with Crippen molar-refractivity contribution >= 4 is 39.4 Å². The van der Waals surface area contributed by atoms with E-state index in [1.54, 1.807) is 32.9 Å². The Morgan fingerprint density at radius 3 is 2.21 bits per heavy atom. The van der Waals surface area contributed by atoms with Gasteiger partial charge < -0.3 is 10.1 Å². The summed E-state index contributed by atoms with van der Waals surface area (Å²) in [6.45, 7) is 4.36. The average molecular weight is 488 g/mol.